The molecule has 0 aliphatic rings. The van der Waals surface area contributed by atoms with Crippen molar-refractivity contribution in [1.29, 1.82) is 0 Å². The number of aliphatic hydroxyl groups excluding tert-OH is 2. The molecule has 6 aromatic heterocycles. The van der Waals surface area contributed by atoms with E-state index in [9.17, 15) is 19.8 Å². The number of hydrogen-bond acceptors (Lipinski definition) is 6. The standard InChI is InChI=1S/C53H38N2O2.C47H34N2O2.2C15H10N.2Ir/c56-52(40-23-19-38(20-24-40)42-27-29-50-46(31-42)44-15-7-9-17-48(44)54(50)34-36-11-3-1-4-12-36)33-53(57)41-25-21-39(22-26-41)43-28-30-51-47(32-43)45-16-8-10-18-49(45)55(51)35-37-13-5-2-6-14-37;1-48-42-13-7-5-11-38(42)40-27-36(23-25-43(40)48)32-15-19-34(20-16-32)46(50)29-47(51)35-21-17-33(18-22-35)37-24-26-45-41(28-37)39-12-6-8-14-44(39)49(45)30-31-9-3-2-4-10-31;2*1-2-6-12(7-3-1)15-11-10-13-8-4-5-9-14(13)16-15;;/h1-33,56H,34-35H2;2-29,50H,30H2,1H3;2*1-6,8-11H;;/q;;2*-1;;. The first-order chi connectivity index (χ1) is 68.9. The Kier molecular flexibility index (Phi) is 27.2. The largest absolute Gasteiger partial charge is 0.507 e. The van der Waals surface area contributed by atoms with Gasteiger partial charge in [0.2, 0.25) is 0 Å². The number of aromatic nitrogens is 6. The number of benzene rings is 19. The summed E-state index contributed by atoms with van der Waals surface area (Å²) in [7, 11) is 2.10. The van der Waals surface area contributed by atoms with Crippen molar-refractivity contribution in [1.82, 2.24) is 28.2 Å². The summed E-state index contributed by atoms with van der Waals surface area (Å²) in [5.41, 5.74) is 30.1. The summed E-state index contributed by atoms with van der Waals surface area (Å²) >= 11 is 0. The maximum atomic E-state index is 13.3. The van der Waals surface area contributed by atoms with Crippen molar-refractivity contribution in [2.45, 2.75) is 19.6 Å². The number of fused-ring (bicyclic) bond motifs is 14. The minimum absolute atomic E-state index is 0. The zero-order valence-corrected chi connectivity index (χ0v) is 82.2. The van der Waals surface area contributed by atoms with Gasteiger partial charge in [0.25, 0.3) is 0 Å². The molecule has 686 valence electrons. The van der Waals surface area contributed by atoms with Crippen LogP contribution in [0.1, 0.15) is 48.5 Å². The van der Waals surface area contributed by atoms with E-state index in [2.05, 4.69) is 314 Å². The van der Waals surface area contributed by atoms with Crippen LogP contribution in [0.4, 0.5) is 0 Å². The summed E-state index contributed by atoms with van der Waals surface area (Å²) in [5, 5.41) is 34.0. The van der Waals surface area contributed by atoms with Gasteiger partial charge in [0.05, 0.1) is 11.0 Å². The normalized spacial score (nSPS) is 11.4. The number of hydrogen-bond donors (Lipinski definition) is 2. The van der Waals surface area contributed by atoms with E-state index in [1.807, 2.05) is 212 Å². The number of allylic oxidation sites excluding steroid dienone is 2. The quantitative estimate of drug-likeness (QED) is 0.0382. The zero-order chi connectivity index (χ0) is 94.4. The van der Waals surface area contributed by atoms with Crippen molar-refractivity contribution >= 4 is 132 Å². The third-order valence-electron chi connectivity index (χ3n) is 26.5. The molecule has 2 radical (unpaired) electrons. The Morgan fingerprint density at radius 1 is 0.254 bits per heavy atom. The fourth-order valence-corrected chi connectivity index (χ4v) is 19.3. The monoisotopic (exact) mass is 2190 g/mol. The fourth-order valence-electron chi connectivity index (χ4n) is 19.3. The first kappa shape index (κ1) is 92.6. The number of ketones is 2. The molecule has 25 aromatic rings. The van der Waals surface area contributed by atoms with Crippen LogP contribution < -0.4 is 0 Å². The number of nitrogens with zero attached hydrogens (tertiary/aromatic N) is 6. The van der Waals surface area contributed by atoms with E-state index in [1.165, 1.54) is 127 Å². The predicted octanol–water partition coefficient (Wildman–Crippen LogP) is 32.1. The van der Waals surface area contributed by atoms with Gasteiger partial charge in [-0.05, 0) is 168 Å². The van der Waals surface area contributed by atoms with Gasteiger partial charge in [0, 0.05) is 189 Å². The van der Waals surface area contributed by atoms with Gasteiger partial charge in [-0.1, -0.05) is 346 Å². The predicted molar refractivity (Wildman–Crippen MR) is 579 cm³/mol. The van der Waals surface area contributed by atoms with E-state index in [0.717, 1.165) is 97.7 Å². The van der Waals surface area contributed by atoms with E-state index < -0.39 is 0 Å². The van der Waals surface area contributed by atoms with Crippen molar-refractivity contribution in [3.8, 4) is 67.0 Å². The van der Waals surface area contributed by atoms with Gasteiger partial charge in [-0.3, -0.25) is 19.6 Å². The number of rotatable bonds is 18. The summed E-state index contributed by atoms with van der Waals surface area (Å²) in [6, 6.07) is 169. The second kappa shape index (κ2) is 41.7. The van der Waals surface area contributed by atoms with E-state index in [4.69, 9.17) is 0 Å². The Morgan fingerprint density at radius 3 is 0.852 bits per heavy atom. The van der Waals surface area contributed by atoms with Crippen LogP contribution >= 0.6 is 0 Å². The number of para-hydroxylation sites is 6. The molecule has 0 fully saturated rings. The molecule has 142 heavy (non-hydrogen) atoms. The van der Waals surface area contributed by atoms with Crippen LogP contribution in [0.15, 0.2) is 491 Å². The zero-order valence-electron chi connectivity index (χ0n) is 77.4. The number of aliphatic hydroxyl groups is 2. The average Bonchev–Trinajstić information content (AvgIpc) is 1.64. The molecule has 0 unspecified atom stereocenters. The molecular formula is C130H92Ir2N6O4-2. The summed E-state index contributed by atoms with van der Waals surface area (Å²) in [4.78, 5) is 35.8. The van der Waals surface area contributed by atoms with Crippen LogP contribution in [-0.2, 0) is 66.9 Å². The van der Waals surface area contributed by atoms with Crippen LogP contribution in [0.5, 0.6) is 0 Å². The van der Waals surface area contributed by atoms with Crippen molar-refractivity contribution < 1.29 is 60.0 Å². The Balaban J connectivity index is 0.000000131. The maximum Gasteiger partial charge on any atom is 0.189 e. The maximum absolute atomic E-state index is 13.3. The van der Waals surface area contributed by atoms with Gasteiger partial charge in [-0.15, -0.1) is 71.8 Å². The molecule has 19 aromatic carbocycles. The van der Waals surface area contributed by atoms with Crippen molar-refractivity contribution in [2.24, 2.45) is 7.05 Å². The summed E-state index contributed by atoms with van der Waals surface area (Å²) < 4.78 is 9.36. The number of aryl methyl sites for hydroxylation is 1. The second-order valence-electron chi connectivity index (χ2n) is 35.2. The number of pyridine rings is 2. The number of carbonyl (C=O) groups is 2. The number of carbonyl (C=O) groups excluding carboxylic acids is 2. The third-order valence-corrected chi connectivity index (χ3v) is 26.5. The summed E-state index contributed by atoms with van der Waals surface area (Å²) in [5.74, 6) is -0.617. The summed E-state index contributed by atoms with van der Waals surface area (Å²) in [6.07, 6.45) is 2.62. The molecule has 2 N–H and O–H groups in total. The molecule has 0 atom stereocenters. The molecule has 0 spiro atoms. The van der Waals surface area contributed by atoms with Crippen LogP contribution in [0.2, 0.25) is 0 Å². The minimum Gasteiger partial charge on any atom is -0.507 e. The molecule has 0 bridgehead atoms. The average molecular weight is 2190 g/mol. The molecular weight excluding hydrogens is 2090 g/mol. The van der Waals surface area contributed by atoms with Crippen LogP contribution in [-0.4, -0.2) is 50.0 Å². The molecule has 0 amide bonds. The van der Waals surface area contributed by atoms with Gasteiger partial charge in [0.1, 0.15) is 11.5 Å². The molecule has 6 heterocycles. The van der Waals surface area contributed by atoms with Crippen LogP contribution in [0.3, 0.4) is 0 Å². The first-order valence-corrected chi connectivity index (χ1v) is 47.1. The Bertz CT molecular complexity index is 8870. The van der Waals surface area contributed by atoms with Gasteiger partial charge >= 0.3 is 0 Å². The Hall–Kier alpha value is -17.1. The van der Waals surface area contributed by atoms with Gasteiger partial charge in [-0.2, -0.15) is 0 Å². The minimum atomic E-state index is -0.250. The van der Waals surface area contributed by atoms with E-state index >= 15 is 0 Å². The van der Waals surface area contributed by atoms with E-state index in [-0.39, 0.29) is 63.3 Å². The fraction of sp³-hybridized carbons (Fsp3) is 0.0308. The SMILES string of the molecule is Cn1c2ccccc2c2cc(-c3ccc(C(O)=CC(=O)c4ccc(-c5ccc6c(c5)c5ccccc5n6Cc5ccccc5)cc4)cc3)ccc21.O=C(C=C(O)c1ccc(-c2ccc3c(c2)c2ccccc2n3Cc2ccccc2)cc1)c1ccc(-c2ccc3c(c2)c2ccccc2n3Cc2ccccc2)cc1.[Ir].[Ir].[c-]1ccccc1-c1ccc2ccccc2n1.[c-]1ccccc1-c1ccc2ccccc2n1. The van der Waals surface area contributed by atoms with Crippen molar-refractivity contribution in [2.75, 3.05) is 0 Å². The smallest absolute Gasteiger partial charge is 0.189 e. The molecule has 12 heteroatoms. The van der Waals surface area contributed by atoms with E-state index in [1.54, 1.807) is 0 Å². The third kappa shape index (κ3) is 19.4. The van der Waals surface area contributed by atoms with Crippen molar-refractivity contribution in [3.05, 3.63) is 542 Å². The van der Waals surface area contributed by atoms with Gasteiger partial charge in [0.15, 0.2) is 11.6 Å². The second-order valence-corrected chi connectivity index (χ2v) is 35.2. The van der Waals surface area contributed by atoms with Gasteiger partial charge in [-0.25, -0.2) is 0 Å². The van der Waals surface area contributed by atoms with Gasteiger partial charge < -0.3 is 28.5 Å². The summed E-state index contributed by atoms with van der Waals surface area (Å²) in [6.45, 7) is 2.39. The Morgan fingerprint density at radius 2 is 0.514 bits per heavy atom. The molecule has 25 rings (SSSR count). The first-order valence-electron chi connectivity index (χ1n) is 47.1. The molecule has 10 nitrogen and oxygen atoms in total. The molecule has 0 aliphatic carbocycles. The molecule has 0 saturated carbocycles. The molecule has 0 saturated heterocycles. The van der Waals surface area contributed by atoms with Crippen LogP contribution in [0.25, 0.3) is 188 Å². The van der Waals surface area contributed by atoms with Crippen molar-refractivity contribution in [3.63, 3.8) is 0 Å². The van der Waals surface area contributed by atoms with Crippen LogP contribution in [0, 0.1) is 12.1 Å². The van der Waals surface area contributed by atoms with E-state index in [0.29, 0.717) is 22.3 Å². The topological polar surface area (TPSA) is 120 Å². The molecule has 0 aliphatic heterocycles. The Labute approximate surface area is 849 Å².